The number of imidazole rings is 1. The fourth-order valence-electron chi connectivity index (χ4n) is 2.12. The van der Waals surface area contributed by atoms with Crippen molar-refractivity contribution in [3.05, 3.63) is 27.8 Å². The molecule has 1 fully saturated rings. The van der Waals surface area contributed by atoms with Crippen molar-refractivity contribution >= 4 is 28.5 Å². The molecule has 0 radical (unpaired) electrons. The number of piperazine rings is 1. The molecule has 0 atom stereocenters. The Morgan fingerprint density at radius 1 is 0.944 bits per heavy atom. The summed E-state index contributed by atoms with van der Waals surface area (Å²) in [5.74, 6) is 0.874. The maximum absolute atomic E-state index is 4.64. The molecule has 0 N–H and O–H groups in total. The van der Waals surface area contributed by atoms with Gasteiger partial charge in [-0.15, -0.1) is 0 Å². The Hall–Kier alpha value is -0.950. The van der Waals surface area contributed by atoms with Gasteiger partial charge in [-0.2, -0.15) is 0 Å². The second-order valence-corrected chi connectivity index (χ2v) is 5.88. The molecule has 0 saturated carbocycles. The summed E-state index contributed by atoms with van der Waals surface area (Å²) in [4.78, 5) is 13.9. The van der Waals surface area contributed by atoms with E-state index in [-0.39, 0.29) is 0 Å². The minimum Gasteiger partial charge on any atom is -0.338 e. The Morgan fingerprint density at radius 3 is 2.06 bits per heavy atom. The summed E-state index contributed by atoms with van der Waals surface area (Å²) in [6.45, 7) is 4.18. The van der Waals surface area contributed by atoms with Crippen LogP contribution in [0.5, 0.6) is 0 Å². The van der Waals surface area contributed by atoms with Crippen LogP contribution in [0.15, 0.2) is 24.3 Å². The van der Waals surface area contributed by atoms with E-state index in [4.69, 9.17) is 0 Å². The number of nitrogens with zero attached hydrogens (tertiary/aromatic N) is 4. The smallest absolute Gasteiger partial charge is 0.226 e. The third-order valence-corrected chi connectivity index (χ3v) is 4.01. The lowest BCUT2D eigenvalue weighted by Crippen LogP contribution is -2.44. The maximum Gasteiger partial charge on any atom is 0.226 e. The van der Waals surface area contributed by atoms with E-state index >= 15 is 0 Å². The molecule has 1 saturated heterocycles. The highest BCUT2D eigenvalue weighted by molar-refractivity contribution is 14.1. The first kappa shape index (κ1) is 12.1. The molecule has 0 aromatic carbocycles. The van der Waals surface area contributed by atoms with Crippen molar-refractivity contribution in [1.82, 2.24) is 14.9 Å². The van der Waals surface area contributed by atoms with E-state index in [1.165, 1.54) is 3.57 Å². The van der Waals surface area contributed by atoms with Crippen LogP contribution in [0, 0.1) is 3.57 Å². The summed E-state index contributed by atoms with van der Waals surface area (Å²) in [5, 5.41) is 0. The van der Waals surface area contributed by atoms with Gasteiger partial charge in [0.25, 0.3) is 0 Å². The molecular formula is C13H15IN4. The quantitative estimate of drug-likeness (QED) is 0.733. The largest absolute Gasteiger partial charge is 0.338 e. The zero-order valence-corrected chi connectivity index (χ0v) is 12.5. The molecule has 0 aromatic rings. The zero-order valence-electron chi connectivity index (χ0n) is 10.3. The van der Waals surface area contributed by atoms with Crippen LogP contribution in [0.25, 0.3) is 11.4 Å². The molecule has 0 bridgehead atoms. The van der Waals surface area contributed by atoms with Gasteiger partial charge in [0.2, 0.25) is 5.95 Å². The second-order valence-electron chi connectivity index (χ2n) is 4.64. The lowest BCUT2D eigenvalue weighted by atomic mass is 10.3. The SMILES string of the molecule is CN1CCN(c2nc3ccc(I)ccc-3n2)CC1. The van der Waals surface area contributed by atoms with Crippen molar-refractivity contribution in [3.63, 3.8) is 0 Å². The van der Waals surface area contributed by atoms with Gasteiger partial charge in [0.05, 0.1) is 11.4 Å². The predicted octanol–water partition coefficient (Wildman–Crippen LogP) is 1.94. The summed E-state index contributed by atoms with van der Waals surface area (Å²) >= 11 is 2.30. The number of anilines is 1. The van der Waals surface area contributed by atoms with Crippen molar-refractivity contribution < 1.29 is 0 Å². The molecule has 5 heteroatoms. The normalized spacial score (nSPS) is 17.3. The molecule has 3 aliphatic rings. The Bertz CT molecular complexity index is 489. The van der Waals surface area contributed by atoms with Crippen LogP contribution in [0.3, 0.4) is 0 Å². The van der Waals surface area contributed by atoms with Gasteiger partial charge in [-0.3, -0.25) is 0 Å². The van der Waals surface area contributed by atoms with E-state index in [0.29, 0.717) is 0 Å². The fraction of sp³-hybridized carbons (Fsp3) is 0.385. The summed E-state index contributed by atoms with van der Waals surface area (Å²) in [6, 6.07) is 8.24. The molecule has 0 amide bonds. The van der Waals surface area contributed by atoms with Gasteiger partial charge >= 0.3 is 0 Å². The minimum absolute atomic E-state index is 0.874. The Labute approximate surface area is 121 Å². The highest BCUT2D eigenvalue weighted by atomic mass is 127. The topological polar surface area (TPSA) is 32.3 Å². The Morgan fingerprint density at radius 2 is 1.50 bits per heavy atom. The van der Waals surface area contributed by atoms with E-state index in [9.17, 15) is 0 Å². The van der Waals surface area contributed by atoms with Crippen molar-refractivity contribution in [1.29, 1.82) is 0 Å². The third kappa shape index (κ3) is 2.42. The maximum atomic E-state index is 4.64. The first-order valence-electron chi connectivity index (χ1n) is 6.09. The Kier molecular flexibility index (Phi) is 3.34. The molecule has 0 aromatic heterocycles. The van der Waals surface area contributed by atoms with Gasteiger partial charge in [0.15, 0.2) is 0 Å². The van der Waals surface area contributed by atoms with Crippen molar-refractivity contribution in [2.45, 2.75) is 0 Å². The van der Waals surface area contributed by atoms with Crippen LogP contribution in [-0.4, -0.2) is 48.1 Å². The number of aromatic nitrogens is 2. The monoisotopic (exact) mass is 354 g/mol. The van der Waals surface area contributed by atoms with Gasteiger partial charge in [-0.05, 0) is 53.9 Å². The van der Waals surface area contributed by atoms with Crippen molar-refractivity contribution in [3.8, 4) is 11.4 Å². The minimum atomic E-state index is 0.874. The molecule has 4 nitrogen and oxygen atoms in total. The lowest BCUT2D eigenvalue weighted by molar-refractivity contribution is 0.311. The van der Waals surface area contributed by atoms with Gasteiger partial charge in [-0.1, -0.05) is 0 Å². The van der Waals surface area contributed by atoms with Crippen LogP contribution in [-0.2, 0) is 0 Å². The standard InChI is InChI=1S/C13H15IN4/c1-17-6-8-18(9-7-17)13-15-11-4-2-10(14)3-5-12(11)16-13/h2-5H,6-9H2,1H3. The molecule has 0 spiro atoms. The average molecular weight is 354 g/mol. The summed E-state index contributed by atoms with van der Waals surface area (Å²) < 4.78 is 1.20. The van der Waals surface area contributed by atoms with Crippen LogP contribution in [0.4, 0.5) is 5.95 Å². The second kappa shape index (κ2) is 4.97. The first-order chi connectivity index (χ1) is 8.72. The third-order valence-electron chi connectivity index (χ3n) is 3.29. The molecule has 2 aliphatic heterocycles. The van der Waals surface area contributed by atoms with Gasteiger partial charge in [0, 0.05) is 29.7 Å². The average Bonchev–Trinajstić information content (AvgIpc) is 2.70. The van der Waals surface area contributed by atoms with Crippen molar-refractivity contribution in [2.75, 3.05) is 38.1 Å². The number of halogens is 1. The number of likely N-dealkylation sites (N-methyl/N-ethyl adjacent to an activating group) is 1. The zero-order chi connectivity index (χ0) is 12.5. The van der Waals surface area contributed by atoms with Crippen LogP contribution in [0.2, 0.25) is 0 Å². The molecule has 3 rings (SSSR count). The number of fused-ring (bicyclic) bond motifs is 1. The highest BCUT2D eigenvalue weighted by Crippen LogP contribution is 2.23. The Balaban J connectivity index is 1.90. The lowest BCUT2D eigenvalue weighted by Gasteiger charge is -2.31. The van der Waals surface area contributed by atoms with E-state index in [1.54, 1.807) is 0 Å². The van der Waals surface area contributed by atoms with Crippen LogP contribution < -0.4 is 4.90 Å². The van der Waals surface area contributed by atoms with Crippen molar-refractivity contribution in [2.24, 2.45) is 0 Å². The van der Waals surface area contributed by atoms with Crippen LogP contribution in [0.1, 0.15) is 0 Å². The number of rotatable bonds is 1. The van der Waals surface area contributed by atoms with E-state index in [1.807, 2.05) is 12.1 Å². The van der Waals surface area contributed by atoms with E-state index in [2.05, 4.69) is 61.5 Å². The predicted molar refractivity (Wildman–Crippen MR) is 81.1 cm³/mol. The molecule has 18 heavy (non-hydrogen) atoms. The van der Waals surface area contributed by atoms with Gasteiger partial charge < -0.3 is 9.80 Å². The van der Waals surface area contributed by atoms with Crippen LogP contribution >= 0.6 is 22.6 Å². The summed E-state index contributed by atoms with van der Waals surface area (Å²) in [6.07, 6.45) is 0. The molecule has 94 valence electrons. The van der Waals surface area contributed by atoms with E-state index < -0.39 is 0 Å². The fourth-order valence-corrected chi connectivity index (χ4v) is 2.48. The molecule has 1 aliphatic carbocycles. The van der Waals surface area contributed by atoms with Gasteiger partial charge in [-0.25, -0.2) is 9.97 Å². The summed E-state index contributed by atoms with van der Waals surface area (Å²) in [7, 11) is 2.15. The van der Waals surface area contributed by atoms with E-state index in [0.717, 1.165) is 43.5 Å². The molecule has 2 heterocycles. The number of hydrogen-bond acceptors (Lipinski definition) is 4. The molecule has 0 unspecified atom stereocenters. The number of hydrogen-bond donors (Lipinski definition) is 0. The first-order valence-corrected chi connectivity index (χ1v) is 7.17. The van der Waals surface area contributed by atoms with Gasteiger partial charge in [0.1, 0.15) is 0 Å². The summed E-state index contributed by atoms with van der Waals surface area (Å²) in [5.41, 5.74) is 1.96. The molecular weight excluding hydrogens is 339 g/mol. The highest BCUT2D eigenvalue weighted by Gasteiger charge is 2.19.